The van der Waals surface area contributed by atoms with Crippen LogP contribution in [0.4, 0.5) is 17.7 Å². The maximum Gasteiger partial charge on any atom is 0.239 e. The molecule has 0 unspecified atom stereocenters. The average Bonchev–Trinajstić information content (AvgIpc) is 2.66. The molecule has 0 aliphatic carbocycles. The lowest BCUT2D eigenvalue weighted by molar-refractivity contribution is -0.120. The lowest BCUT2D eigenvalue weighted by Gasteiger charge is -2.31. The second-order valence-electron chi connectivity index (χ2n) is 7.25. The fourth-order valence-corrected chi connectivity index (χ4v) is 3.58. The Morgan fingerprint density at radius 1 is 1.21 bits per heavy atom. The topological polar surface area (TPSA) is 122 Å². The molecule has 1 saturated heterocycles. The van der Waals surface area contributed by atoms with Crippen LogP contribution in [0.15, 0.2) is 24.3 Å². The molecule has 9 nitrogen and oxygen atoms in total. The summed E-state index contributed by atoms with van der Waals surface area (Å²) in [7, 11) is 0. The largest absolute Gasteiger partial charge is 0.368 e. The van der Waals surface area contributed by atoms with Crippen LogP contribution in [0.2, 0.25) is 0 Å². The molecule has 4 rings (SSSR count). The highest BCUT2D eigenvalue weighted by Crippen LogP contribution is 2.31. The molecule has 3 heterocycles. The first-order valence-electron chi connectivity index (χ1n) is 9.57. The summed E-state index contributed by atoms with van der Waals surface area (Å²) >= 11 is 0. The summed E-state index contributed by atoms with van der Waals surface area (Å²) in [6, 6.07) is 8.06. The molecule has 0 radical (unpaired) electrons. The van der Waals surface area contributed by atoms with Crippen LogP contribution in [0, 0.1) is 13.8 Å². The number of aromatic nitrogens is 4. The summed E-state index contributed by atoms with van der Waals surface area (Å²) in [6.07, 6.45) is 0. The molecular weight excluding hydrogens is 368 g/mol. The average molecular weight is 392 g/mol. The predicted octanol–water partition coefficient (Wildman–Crippen LogP) is 1.73. The van der Waals surface area contributed by atoms with E-state index in [9.17, 15) is 4.79 Å². The minimum absolute atomic E-state index is 0.00430. The van der Waals surface area contributed by atoms with E-state index < -0.39 is 0 Å². The Balaban J connectivity index is 1.78. The first kappa shape index (κ1) is 18.9. The summed E-state index contributed by atoms with van der Waals surface area (Å²) < 4.78 is 0. The van der Waals surface area contributed by atoms with Crippen LogP contribution in [-0.4, -0.2) is 45.5 Å². The van der Waals surface area contributed by atoms with Crippen molar-refractivity contribution in [3.8, 4) is 0 Å². The Bertz CT molecular complexity index is 1060. The molecule has 2 aromatic heterocycles. The number of pyridine rings is 1. The van der Waals surface area contributed by atoms with Gasteiger partial charge in [-0.25, -0.2) is 4.98 Å². The van der Waals surface area contributed by atoms with Crippen molar-refractivity contribution in [2.45, 2.75) is 26.8 Å². The molecule has 0 spiro atoms. The van der Waals surface area contributed by atoms with E-state index in [4.69, 9.17) is 10.7 Å². The van der Waals surface area contributed by atoms with Crippen molar-refractivity contribution < 1.29 is 4.79 Å². The third kappa shape index (κ3) is 3.89. The van der Waals surface area contributed by atoms with Crippen molar-refractivity contribution in [2.24, 2.45) is 0 Å². The van der Waals surface area contributed by atoms with E-state index in [2.05, 4.69) is 31.7 Å². The number of nitrogens with two attached hydrogens (primary N) is 1. The molecule has 1 fully saturated rings. The maximum absolute atomic E-state index is 12.0. The molecule has 1 aromatic carbocycles. The van der Waals surface area contributed by atoms with Crippen LogP contribution in [0.25, 0.3) is 10.9 Å². The number of aryl methyl sites for hydroxylation is 2. The number of anilines is 3. The summed E-state index contributed by atoms with van der Waals surface area (Å²) in [6.45, 7) is 7.40. The standard InChI is InChI=1S/C20H24N8O/c1-11-5-4-6-14-9-15(12(2)23-20-25-13(3)24-19(21)27-20)18(26-17(11)14)28-8-7-22-16(29)10-28/h4-6,9,12H,7-8,10H2,1-3H3,(H,22,29)(H3,21,23,24,25,27)/t12-/m0/s1. The summed E-state index contributed by atoms with van der Waals surface area (Å²) in [5, 5.41) is 7.21. The maximum atomic E-state index is 12.0. The Morgan fingerprint density at radius 3 is 2.79 bits per heavy atom. The lowest BCUT2D eigenvalue weighted by atomic mass is 10.0. The summed E-state index contributed by atoms with van der Waals surface area (Å²) in [4.78, 5) is 31.5. The summed E-state index contributed by atoms with van der Waals surface area (Å²) in [5.41, 5.74) is 8.76. The van der Waals surface area contributed by atoms with Crippen LogP contribution in [0.1, 0.15) is 29.9 Å². The van der Waals surface area contributed by atoms with Gasteiger partial charge in [0.25, 0.3) is 0 Å². The van der Waals surface area contributed by atoms with E-state index in [1.165, 1.54) is 0 Å². The molecule has 1 aliphatic heterocycles. The molecule has 29 heavy (non-hydrogen) atoms. The number of nitrogens with one attached hydrogen (secondary N) is 2. The second-order valence-corrected chi connectivity index (χ2v) is 7.25. The number of amides is 1. The number of nitrogen functional groups attached to an aromatic ring is 1. The number of benzene rings is 1. The van der Waals surface area contributed by atoms with Gasteiger partial charge in [0.2, 0.25) is 17.8 Å². The van der Waals surface area contributed by atoms with Crippen molar-refractivity contribution in [1.29, 1.82) is 0 Å². The monoisotopic (exact) mass is 392 g/mol. The van der Waals surface area contributed by atoms with E-state index >= 15 is 0 Å². The zero-order valence-electron chi connectivity index (χ0n) is 16.7. The quantitative estimate of drug-likeness (QED) is 0.614. The van der Waals surface area contributed by atoms with Crippen LogP contribution >= 0.6 is 0 Å². The number of hydrogen-bond donors (Lipinski definition) is 3. The van der Waals surface area contributed by atoms with Crippen molar-refractivity contribution in [1.82, 2.24) is 25.3 Å². The molecule has 1 amide bonds. The highest BCUT2D eigenvalue weighted by molar-refractivity contribution is 5.87. The first-order chi connectivity index (χ1) is 13.9. The van der Waals surface area contributed by atoms with Gasteiger partial charge in [0.15, 0.2) is 0 Å². The second kappa shape index (κ2) is 7.50. The summed E-state index contributed by atoms with van der Waals surface area (Å²) in [5.74, 6) is 1.92. The molecule has 1 aliphatic rings. The third-order valence-corrected chi connectivity index (χ3v) is 4.97. The number of rotatable bonds is 4. The van der Waals surface area contributed by atoms with Crippen molar-refractivity contribution in [2.75, 3.05) is 35.6 Å². The predicted molar refractivity (Wildman–Crippen MR) is 113 cm³/mol. The van der Waals surface area contributed by atoms with E-state index in [1.54, 1.807) is 6.92 Å². The number of carbonyl (C=O) groups excluding carboxylic acids is 1. The minimum Gasteiger partial charge on any atom is -0.368 e. The van der Waals surface area contributed by atoms with Crippen molar-refractivity contribution >= 4 is 34.5 Å². The lowest BCUT2D eigenvalue weighted by Crippen LogP contribution is -2.48. The Hall–Kier alpha value is -3.49. The number of hydrogen-bond acceptors (Lipinski definition) is 8. The van der Waals surface area contributed by atoms with Gasteiger partial charge in [-0.15, -0.1) is 0 Å². The van der Waals surface area contributed by atoms with Gasteiger partial charge in [-0.1, -0.05) is 18.2 Å². The normalized spacial score (nSPS) is 15.3. The van der Waals surface area contributed by atoms with Crippen molar-refractivity contribution in [3.05, 3.63) is 41.2 Å². The van der Waals surface area contributed by atoms with Crippen LogP contribution < -0.4 is 21.3 Å². The van der Waals surface area contributed by atoms with E-state index in [0.717, 1.165) is 27.8 Å². The van der Waals surface area contributed by atoms with Gasteiger partial charge in [-0.2, -0.15) is 15.0 Å². The number of fused-ring (bicyclic) bond motifs is 1. The molecule has 4 N–H and O–H groups in total. The SMILES string of the molecule is Cc1nc(N)nc(N[C@@H](C)c2cc3cccc(C)c3nc2N2CCNC(=O)C2)n1. The minimum atomic E-state index is -0.159. The smallest absolute Gasteiger partial charge is 0.239 e. The van der Waals surface area contributed by atoms with Gasteiger partial charge >= 0.3 is 0 Å². The number of para-hydroxylation sites is 1. The number of carbonyl (C=O) groups is 1. The van der Waals surface area contributed by atoms with Crippen LogP contribution in [0.5, 0.6) is 0 Å². The van der Waals surface area contributed by atoms with Gasteiger partial charge in [-0.3, -0.25) is 4.79 Å². The van der Waals surface area contributed by atoms with Crippen LogP contribution in [0.3, 0.4) is 0 Å². The molecule has 150 valence electrons. The van der Waals surface area contributed by atoms with Crippen molar-refractivity contribution in [3.63, 3.8) is 0 Å². The molecule has 9 heteroatoms. The first-order valence-corrected chi connectivity index (χ1v) is 9.57. The fourth-order valence-electron chi connectivity index (χ4n) is 3.58. The highest BCUT2D eigenvalue weighted by Gasteiger charge is 2.24. The third-order valence-electron chi connectivity index (χ3n) is 4.97. The number of piperazine rings is 1. The molecule has 3 aromatic rings. The van der Waals surface area contributed by atoms with Gasteiger partial charge in [0.1, 0.15) is 11.6 Å². The molecular formula is C20H24N8O. The Morgan fingerprint density at radius 2 is 2.03 bits per heavy atom. The van der Waals surface area contributed by atoms with Gasteiger partial charge in [-0.05, 0) is 32.4 Å². The number of nitrogens with zero attached hydrogens (tertiary/aromatic N) is 5. The van der Waals surface area contributed by atoms with Gasteiger partial charge in [0.05, 0.1) is 18.1 Å². The Labute approximate surface area is 168 Å². The van der Waals surface area contributed by atoms with Gasteiger partial charge in [0, 0.05) is 24.0 Å². The van der Waals surface area contributed by atoms with E-state index in [1.807, 2.05) is 36.9 Å². The zero-order valence-corrected chi connectivity index (χ0v) is 16.7. The van der Waals surface area contributed by atoms with E-state index in [-0.39, 0.29) is 24.4 Å². The molecule has 0 saturated carbocycles. The highest BCUT2D eigenvalue weighted by atomic mass is 16.2. The Kier molecular flexibility index (Phi) is 4.87. The van der Waals surface area contributed by atoms with Crippen LogP contribution in [-0.2, 0) is 4.79 Å². The van der Waals surface area contributed by atoms with E-state index in [0.29, 0.717) is 24.9 Å². The molecule has 1 atom stereocenters. The van der Waals surface area contributed by atoms with Gasteiger partial charge < -0.3 is 21.3 Å². The zero-order chi connectivity index (χ0) is 20.5. The molecule has 0 bridgehead atoms. The fraction of sp³-hybridized carbons (Fsp3) is 0.350.